The van der Waals surface area contributed by atoms with E-state index in [1.807, 2.05) is 0 Å². The van der Waals surface area contributed by atoms with Crippen LogP contribution in [0.5, 0.6) is 0 Å². The van der Waals surface area contributed by atoms with Gasteiger partial charge in [-0.3, -0.25) is 0 Å². The van der Waals surface area contributed by atoms with Gasteiger partial charge in [-0.05, 0) is 19.4 Å². The Morgan fingerprint density at radius 3 is 2.77 bits per heavy atom. The Labute approximate surface area is 80.2 Å². The van der Waals surface area contributed by atoms with E-state index >= 15 is 0 Å². The summed E-state index contributed by atoms with van der Waals surface area (Å²) in [6.07, 6.45) is 3.24. The summed E-state index contributed by atoms with van der Waals surface area (Å²) in [6, 6.07) is 0.267. The summed E-state index contributed by atoms with van der Waals surface area (Å²) in [5.41, 5.74) is 0. The molecule has 0 fully saturated rings. The molecule has 0 heterocycles. The minimum absolute atomic E-state index is 0.267. The van der Waals surface area contributed by atoms with E-state index in [0.717, 1.165) is 19.4 Å². The van der Waals surface area contributed by atoms with Crippen molar-refractivity contribution in [2.24, 2.45) is 0 Å². The monoisotopic (exact) mass is 185 g/mol. The molecule has 0 aromatic rings. The quantitative estimate of drug-likeness (QED) is 0.482. The molecule has 0 rings (SSSR count). The van der Waals surface area contributed by atoms with Crippen LogP contribution in [0.4, 0.5) is 0 Å². The normalized spacial score (nSPS) is 12.2. The second-order valence-electron chi connectivity index (χ2n) is 2.89. The van der Waals surface area contributed by atoms with Crippen LogP contribution < -0.4 is 5.32 Å². The fourth-order valence-corrected chi connectivity index (χ4v) is 0.911. The van der Waals surface area contributed by atoms with Crippen LogP contribution in [-0.4, -0.2) is 25.2 Å². The Bertz CT molecular complexity index is 157. The van der Waals surface area contributed by atoms with Crippen molar-refractivity contribution in [2.45, 2.75) is 32.7 Å². The van der Waals surface area contributed by atoms with Crippen LogP contribution >= 0.6 is 0 Å². The lowest BCUT2D eigenvalue weighted by atomic mass is 10.2. The van der Waals surface area contributed by atoms with Gasteiger partial charge in [-0.2, -0.15) is 0 Å². The smallest absolute Gasteiger partial charge is 0.330 e. The highest BCUT2D eigenvalue weighted by atomic mass is 16.5. The first kappa shape index (κ1) is 12.2. The summed E-state index contributed by atoms with van der Waals surface area (Å²) in [5, 5.41) is 3.29. The van der Waals surface area contributed by atoms with E-state index < -0.39 is 0 Å². The van der Waals surface area contributed by atoms with Crippen LogP contribution in [0, 0.1) is 0 Å². The van der Waals surface area contributed by atoms with Gasteiger partial charge in [-0.25, -0.2) is 4.79 Å². The fraction of sp³-hybridized carbons (Fsp3) is 0.700. The average molecular weight is 185 g/mol. The van der Waals surface area contributed by atoms with E-state index in [2.05, 4.69) is 25.7 Å². The van der Waals surface area contributed by atoms with Gasteiger partial charge in [0.05, 0.1) is 0 Å². The van der Waals surface area contributed by atoms with Crippen molar-refractivity contribution >= 4 is 5.97 Å². The van der Waals surface area contributed by atoms with Crippen molar-refractivity contribution < 1.29 is 9.53 Å². The molecule has 0 spiro atoms. The van der Waals surface area contributed by atoms with Crippen molar-refractivity contribution in [1.82, 2.24) is 5.32 Å². The zero-order chi connectivity index (χ0) is 10.1. The van der Waals surface area contributed by atoms with Crippen LogP contribution in [0.3, 0.4) is 0 Å². The summed E-state index contributed by atoms with van der Waals surface area (Å²) >= 11 is 0. The number of rotatable bonds is 7. The Kier molecular flexibility index (Phi) is 7.30. The van der Waals surface area contributed by atoms with Crippen LogP contribution in [0.1, 0.15) is 26.7 Å². The molecule has 0 aliphatic rings. The van der Waals surface area contributed by atoms with E-state index in [9.17, 15) is 4.79 Å². The van der Waals surface area contributed by atoms with E-state index in [1.54, 1.807) is 0 Å². The Hall–Kier alpha value is -0.830. The van der Waals surface area contributed by atoms with Crippen LogP contribution in [0.2, 0.25) is 0 Å². The highest BCUT2D eigenvalue weighted by molar-refractivity contribution is 5.81. The number of ether oxygens (including phenoxy) is 1. The predicted molar refractivity (Wildman–Crippen MR) is 53.5 cm³/mol. The fourth-order valence-electron chi connectivity index (χ4n) is 0.911. The number of hydrogen-bond donors (Lipinski definition) is 1. The minimum Gasteiger partial charge on any atom is -0.461 e. The lowest BCUT2D eigenvalue weighted by Crippen LogP contribution is -2.34. The maximum absolute atomic E-state index is 10.7. The molecule has 3 heteroatoms. The SMILES string of the molecule is C=CC(=O)OCC(CC)NCCC. The van der Waals surface area contributed by atoms with E-state index in [0.29, 0.717) is 6.61 Å². The first-order valence-corrected chi connectivity index (χ1v) is 4.77. The molecule has 0 saturated heterocycles. The number of esters is 1. The van der Waals surface area contributed by atoms with Gasteiger partial charge in [0.15, 0.2) is 0 Å². The lowest BCUT2D eigenvalue weighted by molar-refractivity contribution is -0.138. The minimum atomic E-state index is -0.350. The van der Waals surface area contributed by atoms with Gasteiger partial charge >= 0.3 is 5.97 Å². The van der Waals surface area contributed by atoms with Gasteiger partial charge in [-0.15, -0.1) is 0 Å². The third kappa shape index (κ3) is 6.34. The summed E-state index contributed by atoms with van der Waals surface area (Å²) in [7, 11) is 0. The molecule has 1 unspecified atom stereocenters. The molecule has 1 N–H and O–H groups in total. The summed E-state index contributed by atoms with van der Waals surface area (Å²) in [5.74, 6) is -0.350. The van der Waals surface area contributed by atoms with Gasteiger partial charge < -0.3 is 10.1 Å². The maximum Gasteiger partial charge on any atom is 0.330 e. The lowest BCUT2D eigenvalue weighted by Gasteiger charge is -2.15. The Balaban J connectivity index is 3.58. The molecule has 0 saturated carbocycles. The average Bonchev–Trinajstić information content (AvgIpc) is 2.17. The van der Waals surface area contributed by atoms with E-state index in [4.69, 9.17) is 4.74 Å². The molecule has 1 atom stereocenters. The molecule has 0 aromatic heterocycles. The third-order valence-corrected chi connectivity index (χ3v) is 1.77. The van der Waals surface area contributed by atoms with Crippen molar-refractivity contribution in [3.05, 3.63) is 12.7 Å². The van der Waals surface area contributed by atoms with Crippen LogP contribution in [0.15, 0.2) is 12.7 Å². The Morgan fingerprint density at radius 1 is 1.62 bits per heavy atom. The van der Waals surface area contributed by atoms with E-state index in [1.165, 1.54) is 6.08 Å². The summed E-state index contributed by atoms with van der Waals surface area (Å²) in [6.45, 7) is 8.90. The summed E-state index contributed by atoms with van der Waals surface area (Å²) < 4.78 is 4.92. The second-order valence-corrected chi connectivity index (χ2v) is 2.89. The summed E-state index contributed by atoms with van der Waals surface area (Å²) in [4.78, 5) is 10.7. The van der Waals surface area contributed by atoms with Crippen molar-refractivity contribution in [2.75, 3.05) is 13.2 Å². The highest BCUT2D eigenvalue weighted by Gasteiger charge is 2.06. The first-order chi connectivity index (χ1) is 6.24. The maximum atomic E-state index is 10.7. The molecule has 0 aromatic carbocycles. The van der Waals surface area contributed by atoms with Gasteiger partial charge in [0.1, 0.15) is 6.61 Å². The largest absolute Gasteiger partial charge is 0.461 e. The number of carbonyl (C=O) groups is 1. The molecule has 3 nitrogen and oxygen atoms in total. The predicted octanol–water partition coefficient (Wildman–Crippen LogP) is 1.49. The van der Waals surface area contributed by atoms with Gasteiger partial charge in [0.25, 0.3) is 0 Å². The molecule has 13 heavy (non-hydrogen) atoms. The van der Waals surface area contributed by atoms with Gasteiger partial charge in [-0.1, -0.05) is 20.4 Å². The molecule has 0 amide bonds. The van der Waals surface area contributed by atoms with Crippen molar-refractivity contribution in [3.8, 4) is 0 Å². The van der Waals surface area contributed by atoms with Crippen LogP contribution in [0.25, 0.3) is 0 Å². The van der Waals surface area contributed by atoms with Crippen molar-refractivity contribution in [3.63, 3.8) is 0 Å². The highest BCUT2D eigenvalue weighted by Crippen LogP contribution is 1.93. The first-order valence-electron chi connectivity index (χ1n) is 4.77. The van der Waals surface area contributed by atoms with Gasteiger partial charge in [0, 0.05) is 12.1 Å². The molecule has 0 aliphatic carbocycles. The second kappa shape index (κ2) is 7.80. The molecular weight excluding hydrogens is 166 g/mol. The standard InChI is InChI=1S/C10H19NO2/c1-4-7-11-9(5-2)8-13-10(12)6-3/h6,9,11H,3-5,7-8H2,1-2H3. The number of hydrogen-bond acceptors (Lipinski definition) is 3. The molecule has 76 valence electrons. The number of carbonyl (C=O) groups excluding carboxylic acids is 1. The van der Waals surface area contributed by atoms with Crippen LogP contribution in [-0.2, 0) is 9.53 Å². The molecule has 0 radical (unpaired) electrons. The molecule has 0 aliphatic heterocycles. The zero-order valence-electron chi connectivity index (χ0n) is 8.51. The molecular formula is C10H19NO2. The third-order valence-electron chi connectivity index (χ3n) is 1.77. The number of nitrogens with one attached hydrogen (secondary N) is 1. The van der Waals surface area contributed by atoms with E-state index in [-0.39, 0.29) is 12.0 Å². The van der Waals surface area contributed by atoms with Crippen molar-refractivity contribution in [1.29, 1.82) is 0 Å². The Morgan fingerprint density at radius 2 is 2.31 bits per heavy atom. The zero-order valence-corrected chi connectivity index (χ0v) is 8.51. The molecule has 0 bridgehead atoms. The topological polar surface area (TPSA) is 38.3 Å². The van der Waals surface area contributed by atoms with Gasteiger partial charge in [0.2, 0.25) is 0 Å².